The van der Waals surface area contributed by atoms with Crippen LogP contribution in [0.2, 0.25) is 0 Å². The summed E-state index contributed by atoms with van der Waals surface area (Å²) in [7, 11) is 0. The zero-order valence-corrected chi connectivity index (χ0v) is 4.18. The first-order valence-electron chi connectivity index (χ1n) is 2.44. The molecule has 0 saturated carbocycles. The third-order valence-corrected chi connectivity index (χ3v) is 1.21. The number of hydroxylamine groups is 2. The zero-order valence-electron chi connectivity index (χ0n) is 4.18. The van der Waals surface area contributed by atoms with E-state index >= 15 is 0 Å². The Hall–Kier alpha value is -0.580. The van der Waals surface area contributed by atoms with Gasteiger partial charge in [-0.1, -0.05) is 0 Å². The molecule has 0 aromatic carbocycles. The lowest BCUT2D eigenvalue weighted by atomic mass is 10.3. The highest BCUT2D eigenvalue weighted by Gasteiger charge is 2.25. The quantitative estimate of drug-likeness (QED) is 0.435. The van der Waals surface area contributed by atoms with E-state index in [9.17, 15) is 0 Å². The average molecular weight is 114 g/mol. The number of hydrogen-bond acceptors (Lipinski definition) is 4. The maximum atomic E-state index is 4.85. The van der Waals surface area contributed by atoms with Crippen LogP contribution in [-0.4, -0.2) is 12.8 Å². The molecule has 0 amide bonds. The third-order valence-electron chi connectivity index (χ3n) is 1.21. The fourth-order valence-electron chi connectivity index (χ4n) is 0.747. The molecule has 0 aromatic rings. The van der Waals surface area contributed by atoms with Crippen LogP contribution in [0.15, 0.2) is 11.8 Å². The molecular weight excluding hydrogens is 108 g/mol. The Morgan fingerprint density at radius 2 is 2.62 bits per heavy atom. The average Bonchev–Trinajstić information content (AvgIpc) is 2.15. The minimum Gasteiger partial charge on any atom is -0.414 e. The lowest BCUT2D eigenvalue weighted by Crippen LogP contribution is -2.32. The van der Waals surface area contributed by atoms with Crippen molar-refractivity contribution in [3.63, 3.8) is 0 Å². The smallest absolute Gasteiger partial charge is 0.142 e. The number of nitrogens with one attached hydrogen (secondary N) is 2. The predicted molar refractivity (Wildman–Crippen MR) is 25.2 cm³/mol. The van der Waals surface area contributed by atoms with Gasteiger partial charge in [-0.2, -0.15) is 5.48 Å². The van der Waals surface area contributed by atoms with Crippen LogP contribution < -0.4 is 11.0 Å². The molecule has 1 unspecified atom stereocenters. The minimum atomic E-state index is 0.0926. The molecule has 1 atom stereocenters. The fourth-order valence-corrected chi connectivity index (χ4v) is 0.747. The highest BCUT2D eigenvalue weighted by Crippen LogP contribution is 2.11. The van der Waals surface area contributed by atoms with E-state index in [2.05, 4.69) is 11.0 Å². The summed E-state index contributed by atoms with van der Waals surface area (Å²) in [6, 6.07) is 0. The first-order valence-corrected chi connectivity index (χ1v) is 2.44. The molecule has 4 heteroatoms. The van der Waals surface area contributed by atoms with Crippen molar-refractivity contribution in [2.24, 2.45) is 0 Å². The van der Waals surface area contributed by atoms with Crippen LogP contribution in [-0.2, 0) is 9.68 Å². The highest BCUT2D eigenvalue weighted by molar-refractivity contribution is 5.11. The number of hydrogen-bond donors (Lipinski definition) is 2. The van der Waals surface area contributed by atoms with E-state index in [1.165, 1.54) is 0 Å². The molecule has 1 fully saturated rings. The predicted octanol–water partition coefficient (Wildman–Crippen LogP) is -0.734. The molecule has 2 aliphatic rings. The van der Waals surface area contributed by atoms with Crippen molar-refractivity contribution in [1.82, 2.24) is 11.0 Å². The molecule has 2 N–H and O–H groups in total. The monoisotopic (exact) mass is 114 g/mol. The van der Waals surface area contributed by atoms with Gasteiger partial charge in [0, 0.05) is 5.57 Å². The van der Waals surface area contributed by atoms with Crippen LogP contribution in [0.25, 0.3) is 0 Å². The molecule has 0 bridgehead atoms. The van der Waals surface area contributed by atoms with Crippen LogP contribution in [0.1, 0.15) is 0 Å². The largest absolute Gasteiger partial charge is 0.414 e. The van der Waals surface area contributed by atoms with Crippen LogP contribution in [0.3, 0.4) is 0 Å². The second kappa shape index (κ2) is 1.45. The summed E-state index contributed by atoms with van der Waals surface area (Å²) in [6.07, 6.45) is 1.75. The van der Waals surface area contributed by atoms with Crippen molar-refractivity contribution in [1.29, 1.82) is 0 Å². The van der Waals surface area contributed by atoms with E-state index in [-0.39, 0.29) is 6.17 Å². The van der Waals surface area contributed by atoms with Crippen molar-refractivity contribution >= 4 is 0 Å². The Balaban J connectivity index is 2.20. The van der Waals surface area contributed by atoms with Gasteiger partial charge in [0.2, 0.25) is 0 Å². The summed E-state index contributed by atoms with van der Waals surface area (Å²) >= 11 is 0. The Morgan fingerprint density at radius 3 is 3.50 bits per heavy atom. The second-order valence-electron chi connectivity index (χ2n) is 1.77. The van der Waals surface area contributed by atoms with Crippen molar-refractivity contribution in [2.75, 3.05) is 6.61 Å². The van der Waals surface area contributed by atoms with Gasteiger partial charge in [-0.25, -0.2) is 0 Å². The molecule has 1 saturated heterocycles. The molecule has 0 spiro atoms. The molecule has 2 heterocycles. The molecule has 0 radical (unpaired) electrons. The summed E-state index contributed by atoms with van der Waals surface area (Å²) in [5.74, 6) is 0. The molecular formula is C4H6N2O2. The summed E-state index contributed by atoms with van der Waals surface area (Å²) in [4.78, 5) is 9.61. The van der Waals surface area contributed by atoms with E-state index in [0.717, 1.165) is 5.57 Å². The lowest BCUT2D eigenvalue weighted by molar-refractivity contribution is 0.0350. The van der Waals surface area contributed by atoms with E-state index in [0.29, 0.717) is 6.61 Å². The summed E-state index contributed by atoms with van der Waals surface area (Å²) in [5.41, 5.74) is 6.52. The van der Waals surface area contributed by atoms with Gasteiger partial charge >= 0.3 is 0 Å². The van der Waals surface area contributed by atoms with Gasteiger partial charge in [-0.3, -0.25) is 4.84 Å². The molecule has 4 nitrogen and oxygen atoms in total. The van der Waals surface area contributed by atoms with Gasteiger partial charge in [0.05, 0.1) is 6.61 Å². The first kappa shape index (κ1) is 4.31. The van der Waals surface area contributed by atoms with E-state index in [4.69, 9.17) is 9.68 Å². The standard InChI is InChI=1S/C4H6N2O2/c1-3-2-8-6-4(3)5-7-1/h1,4-6H,2H2. The van der Waals surface area contributed by atoms with Gasteiger partial charge in [-0.15, -0.1) is 5.48 Å². The van der Waals surface area contributed by atoms with Crippen molar-refractivity contribution in [3.8, 4) is 0 Å². The van der Waals surface area contributed by atoms with E-state index < -0.39 is 0 Å². The highest BCUT2D eigenvalue weighted by atomic mass is 16.7. The number of fused-ring (bicyclic) bond motifs is 1. The first-order chi connectivity index (χ1) is 3.97. The van der Waals surface area contributed by atoms with Crippen molar-refractivity contribution in [3.05, 3.63) is 11.8 Å². The molecule has 8 heavy (non-hydrogen) atoms. The normalized spacial score (nSPS) is 34.0. The minimum absolute atomic E-state index is 0.0926. The van der Waals surface area contributed by atoms with Gasteiger partial charge in [0.25, 0.3) is 0 Å². The second-order valence-corrected chi connectivity index (χ2v) is 1.77. The summed E-state index contributed by atoms with van der Waals surface area (Å²) in [6.45, 7) is 0.623. The third kappa shape index (κ3) is 0.445. The summed E-state index contributed by atoms with van der Waals surface area (Å²) < 4.78 is 0. The SMILES string of the molecule is C1=C2CONC2NO1. The van der Waals surface area contributed by atoms with Crippen molar-refractivity contribution in [2.45, 2.75) is 6.17 Å². The van der Waals surface area contributed by atoms with Gasteiger partial charge in [0.15, 0.2) is 0 Å². The van der Waals surface area contributed by atoms with Gasteiger partial charge < -0.3 is 4.84 Å². The van der Waals surface area contributed by atoms with Crippen molar-refractivity contribution < 1.29 is 9.68 Å². The van der Waals surface area contributed by atoms with Crippen LogP contribution in [0, 0.1) is 0 Å². The maximum absolute atomic E-state index is 4.85. The Labute approximate surface area is 46.4 Å². The van der Waals surface area contributed by atoms with E-state index in [1.807, 2.05) is 0 Å². The molecule has 0 aromatic heterocycles. The number of rotatable bonds is 0. The molecule has 44 valence electrons. The van der Waals surface area contributed by atoms with Crippen LogP contribution >= 0.6 is 0 Å². The lowest BCUT2D eigenvalue weighted by Gasteiger charge is -2.00. The zero-order chi connectivity index (χ0) is 5.40. The fraction of sp³-hybridized carbons (Fsp3) is 0.500. The van der Waals surface area contributed by atoms with Crippen LogP contribution in [0.4, 0.5) is 0 Å². The van der Waals surface area contributed by atoms with E-state index in [1.54, 1.807) is 6.26 Å². The maximum Gasteiger partial charge on any atom is 0.142 e. The Kier molecular flexibility index (Phi) is 0.780. The topological polar surface area (TPSA) is 42.5 Å². The van der Waals surface area contributed by atoms with Gasteiger partial charge in [0.1, 0.15) is 12.4 Å². The van der Waals surface area contributed by atoms with Gasteiger partial charge in [-0.05, 0) is 0 Å². The molecule has 2 rings (SSSR count). The van der Waals surface area contributed by atoms with Crippen LogP contribution in [0.5, 0.6) is 0 Å². The molecule has 0 aliphatic carbocycles. The Morgan fingerprint density at radius 1 is 1.62 bits per heavy atom. The summed E-state index contributed by atoms with van der Waals surface area (Å²) in [5, 5.41) is 0. The Bertz CT molecular complexity index is 134. The molecule has 2 aliphatic heterocycles.